The number of rotatable bonds is 6. The van der Waals surface area contributed by atoms with Crippen LogP contribution >= 0.6 is 0 Å². The summed E-state index contributed by atoms with van der Waals surface area (Å²) in [6, 6.07) is 2.09. The van der Waals surface area contributed by atoms with Gasteiger partial charge in [-0.15, -0.1) is 0 Å². The van der Waals surface area contributed by atoms with E-state index < -0.39 is 10.8 Å². The summed E-state index contributed by atoms with van der Waals surface area (Å²) in [5.41, 5.74) is 0. The molecule has 0 bridgehead atoms. The maximum absolute atomic E-state index is 11.5. The Morgan fingerprint density at radius 1 is 1.50 bits per heavy atom. The van der Waals surface area contributed by atoms with Crippen molar-refractivity contribution < 1.29 is 8.95 Å². The third-order valence-electron chi connectivity index (χ3n) is 2.31. The van der Waals surface area contributed by atoms with Crippen LogP contribution in [-0.4, -0.2) is 28.4 Å². The molecule has 0 amide bonds. The predicted octanol–water partition coefficient (Wildman–Crippen LogP) is 1.61. The maximum Gasteiger partial charge on any atom is 0.0691 e. The topological polar surface area (TPSA) is 50.1 Å². The second-order valence-corrected chi connectivity index (χ2v) is 5.18. The summed E-state index contributed by atoms with van der Waals surface area (Å²) in [5.74, 6) is 1.41. The molecule has 0 radical (unpaired) electrons. The molecule has 2 unspecified atom stereocenters. The molecule has 2 atom stereocenters. The third kappa shape index (κ3) is 4.73. The predicted molar refractivity (Wildman–Crippen MR) is 56.3 cm³/mol. The normalized spacial score (nSPS) is 23.2. The zero-order valence-corrected chi connectivity index (χ0v) is 9.22. The first-order chi connectivity index (χ1) is 6.83. The SMILES string of the molecule is N#CCCCCS(=O)CC1CCCO1. The van der Waals surface area contributed by atoms with Gasteiger partial charge in [0.05, 0.1) is 12.2 Å². The fraction of sp³-hybridized carbons (Fsp3) is 0.900. The molecule has 0 aliphatic carbocycles. The number of nitriles is 1. The van der Waals surface area contributed by atoms with E-state index in [1.807, 2.05) is 0 Å². The van der Waals surface area contributed by atoms with Crippen molar-refractivity contribution in [2.75, 3.05) is 18.1 Å². The Labute approximate surface area is 87.9 Å². The molecule has 0 N–H and O–H groups in total. The molecule has 0 spiro atoms. The minimum absolute atomic E-state index is 0.229. The van der Waals surface area contributed by atoms with Gasteiger partial charge in [-0.25, -0.2) is 0 Å². The Morgan fingerprint density at radius 2 is 2.36 bits per heavy atom. The van der Waals surface area contributed by atoms with Gasteiger partial charge in [-0.05, 0) is 25.7 Å². The van der Waals surface area contributed by atoms with Crippen LogP contribution in [0.1, 0.15) is 32.1 Å². The highest BCUT2D eigenvalue weighted by Crippen LogP contribution is 2.13. The van der Waals surface area contributed by atoms with Gasteiger partial charge < -0.3 is 4.74 Å². The summed E-state index contributed by atoms with van der Waals surface area (Å²) in [5, 5.41) is 8.32. The van der Waals surface area contributed by atoms with Gasteiger partial charge in [0.2, 0.25) is 0 Å². The van der Waals surface area contributed by atoms with Crippen molar-refractivity contribution in [3.63, 3.8) is 0 Å². The molecule has 0 saturated carbocycles. The van der Waals surface area contributed by atoms with Crippen molar-refractivity contribution in [3.05, 3.63) is 0 Å². The van der Waals surface area contributed by atoms with E-state index in [9.17, 15) is 4.21 Å². The second kappa shape index (κ2) is 6.97. The molecule has 1 aliphatic heterocycles. The minimum atomic E-state index is -0.748. The Morgan fingerprint density at radius 3 is 3.00 bits per heavy atom. The van der Waals surface area contributed by atoms with Gasteiger partial charge in [0.15, 0.2) is 0 Å². The smallest absolute Gasteiger partial charge is 0.0691 e. The zero-order valence-electron chi connectivity index (χ0n) is 8.41. The average Bonchev–Trinajstić information content (AvgIpc) is 2.65. The molecule has 1 heterocycles. The van der Waals surface area contributed by atoms with E-state index in [1.165, 1.54) is 0 Å². The third-order valence-corrected chi connectivity index (χ3v) is 3.79. The molecule has 0 aromatic carbocycles. The second-order valence-electron chi connectivity index (χ2n) is 3.56. The summed E-state index contributed by atoms with van der Waals surface area (Å²) in [4.78, 5) is 0. The Bertz CT molecular complexity index is 219. The molecule has 1 fully saturated rings. The summed E-state index contributed by atoms with van der Waals surface area (Å²) >= 11 is 0. The first-order valence-electron chi connectivity index (χ1n) is 5.16. The average molecular weight is 215 g/mol. The van der Waals surface area contributed by atoms with Gasteiger partial charge in [-0.3, -0.25) is 4.21 Å². The van der Waals surface area contributed by atoms with Crippen LogP contribution in [0.4, 0.5) is 0 Å². The molecule has 3 nitrogen and oxygen atoms in total. The van der Waals surface area contributed by atoms with Crippen molar-refractivity contribution in [1.82, 2.24) is 0 Å². The summed E-state index contributed by atoms with van der Waals surface area (Å²) in [6.45, 7) is 0.830. The molecule has 1 rings (SSSR count). The lowest BCUT2D eigenvalue weighted by Crippen LogP contribution is -2.17. The van der Waals surface area contributed by atoms with E-state index in [1.54, 1.807) is 0 Å². The summed E-state index contributed by atoms with van der Waals surface area (Å²) in [6.07, 6.45) is 4.74. The molecular formula is C10H17NO2S. The Kier molecular flexibility index (Phi) is 5.81. The van der Waals surface area contributed by atoms with Crippen LogP contribution in [0.2, 0.25) is 0 Å². The lowest BCUT2D eigenvalue weighted by atomic mass is 10.3. The van der Waals surface area contributed by atoms with Gasteiger partial charge in [0.25, 0.3) is 0 Å². The van der Waals surface area contributed by atoms with Gasteiger partial charge in [0.1, 0.15) is 0 Å². The molecular weight excluding hydrogens is 198 g/mol. The molecule has 14 heavy (non-hydrogen) atoms. The van der Waals surface area contributed by atoms with Crippen molar-refractivity contribution in [1.29, 1.82) is 5.26 Å². The minimum Gasteiger partial charge on any atom is -0.377 e. The van der Waals surface area contributed by atoms with Crippen LogP contribution in [0.3, 0.4) is 0 Å². The Balaban J connectivity index is 2.01. The molecule has 0 aromatic heterocycles. The largest absolute Gasteiger partial charge is 0.377 e. The van der Waals surface area contributed by atoms with E-state index in [2.05, 4.69) is 6.07 Å². The fourth-order valence-electron chi connectivity index (χ4n) is 1.53. The first kappa shape index (κ1) is 11.7. The molecule has 1 aliphatic rings. The molecule has 80 valence electrons. The lowest BCUT2D eigenvalue weighted by molar-refractivity contribution is 0.128. The molecule has 1 saturated heterocycles. The van der Waals surface area contributed by atoms with E-state index in [0.717, 1.165) is 38.0 Å². The fourth-order valence-corrected chi connectivity index (χ4v) is 2.90. The molecule has 0 aromatic rings. The quantitative estimate of drug-likeness (QED) is 0.632. The highest BCUT2D eigenvalue weighted by atomic mass is 32.2. The van der Waals surface area contributed by atoms with Crippen LogP contribution in [0, 0.1) is 11.3 Å². The number of hydrogen-bond donors (Lipinski definition) is 0. The van der Waals surface area contributed by atoms with Crippen LogP contribution in [0.15, 0.2) is 0 Å². The van der Waals surface area contributed by atoms with Gasteiger partial charge in [-0.2, -0.15) is 5.26 Å². The van der Waals surface area contributed by atoms with Crippen molar-refractivity contribution in [2.45, 2.75) is 38.2 Å². The lowest BCUT2D eigenvalue weighted by Gasteiger charge is -2.08. The highest BCUT2D eigenvalue weighted by Gasteiger charge is 2.17. The maximum atomic E-state index is 11.5. The van der Waals surface area contributed by atoms with Gasteiger partial charge in [-0.1, -0.05) is 0 Å². The van der Waals surface area contributed by atoms with E-state index >= 15 is 0 Å². The van der Waals surface area contributed by atoms with Crippen molar-refractivity contribution >= 4 is 10.8 Å². The monoisotopic (exact) mass is 215 g/mol. The van der Waals surface area contributed by atoms with Crippen molar-refractivity contribution in [3.8, 4) is 6.07 Å². The van der Waals surface area contributed by atoms with Gasteiger partial charge >= 0.3 is 0 Å². The standard InChI is InChI=1S/C10H17NO2S/c11-6-2-1-3-8-14(12)9-10-5-4-7-13-10/h10H,1-5,7-9H2. The van der Waals surface area contributed by atoms with Crippen LogP contribution in [0.5, 0.6) is 0 Å². The first-order valence-corrected chi connectivity index (χ1v) is 6.65. The number of nitrogens with zero attached hydrogens (tertiary/aromatic N) is 1. The van der Waals surface area contributed by atoms with Crippen LogP contribution in [-0.2, 0) is 15.5 Å². The highest BCUT2D eigenvalue weighted by molar-refractivity contribution is 7.85. The van der Waals surface area contributed by atoms with Crippen LogP contribution in [0.25, 0.3) is 0 Å². The summed E-state index contributed by atoms with van der Waals surface area (Å²) in [7, 11) is -0.748. The van der Waals surface area contributed by atoms with E-state index in [0.29, 0.717) is 12.2 Å². The molecule has 4 heteroatoms. The van der Waals surface area contributed by atoms with E-state index in [4.69, 9.17) is 10.00 Å². The number of unbranched alkanes of at least 4 members (excludes halogenated alkanes) is 2. The summed E-state index contributed by atoms with van der Waals surface area (Å²) < 4.78 is 16.9. The number of ether oxygens (including phenoxy) is 1. The number of hydrogen-bond acceptors (Lipinski definition) is 3. The zero-order chi connectivity index (χ0) is 10.2. The van der Waals surface area contributed by atoms with Crippen LogP contribution < -0.4 is 0 Å². The van der Waals surface area contributed by atoms with E-state index in [-0.39, 0.29) is 6.10 Å². The van der Waals surface area contributed by atoms with Crippen molar-refractivity contribution in [2.24, 2.45) is 0 Å². The Hall–Kier alpha value is -0.400. The van der Waals surface area contributed by atoms with Gasteiger partial charge in [0, 0.05) is 35.3 Å².